The van der Waals surface area contributed by atoms with Gasteiger partial charge in [-0.15, -0.1) is 0 Å². The number of fused-ring (bicyclic) bond motifs is 1. The minimum atomic E-state index is -0.317. The number of nitrogen functional groups attached to an aromatic ring is 2. The number of anilines is 2. The largest absolute Gasteiger partial charge is 0.493 e. The first-order valence-corrected chi connectivity index (χ1v) is 12.4. The fourth-order valence-electron chi connectivity index (χ4n) is 4.55. The molecule has 11 heteroatoms. The minimum Gasteiger partial charge on any atom is -0.493 e. The number of methoxy groups -OCH3 is 2. The Hall–Kier alpha value is -5.32. The predicted octanol–water partition coefficient (Wildman–Crippen LogP) is 3.48. The lowest BCUT2D eigenvalue weighted by Crippen LogP contribution is -2.25. The summed E-state index contributed by atoms with van der Waals surface area (Å²) >= 11 is 0. The van der Waals surface area contributed by atoms with Crippen LogP contribution in [0.25, 0.3) is 0 Å². The molecule has 2 aromatic heterocycles. The molecule has 4 aromatic rings. The summed E-state index contributed by atoms with van der Waals surface area (Å²) in [6.07, 6.45) is 10.3. The molecule has 2 aromatic carbocycles. The number of hydrazone groups is 1. The van der Waals surface area contributed by atoms with Gasteiger partial charge < -0.3 is 20.9 Å². The third kappa shape index (κ3) is 5.30. The van der Waals surface area contributed by atoms with Crippen LogP contribution in [0.3, 0.4) is 0 Å². The Balaban J connectivity index is 1.49. The molecule has 0 spiro atoms. The number of rotatable bonds is 8. The minimum absolute atomic E-state index is 0.0908. The Morgan fingerprint density at radius 2 is 1.82 bits per heavy atom. The number of carbonyl (C=O) groups is 1. The van der Waals surface area contributed by atoms with Crippen molar-refractivity contribution in [2.45, 2.75) is 19.4 Å². The summed E-state index contributed by atoms with van der Waals surface area (Å²) in [6.45, 7) is 1.83. The number of nitrogens with two attached hydrogens (primary N) is 2. The number of carbonyl (C=O) groups excluding carboxylic acids is 1. The van der Waals surface area contributed by atoms with Gasteiger partial charge in [-0.05, 0) is 30.2 Å². The Bertz CT molecular complexity index is 1620. The number of hydrogen-bond acceptors (Lipinski definition) is 11. The van der Waals surface area contributed by atoms with Crippen molar-refractivity contribution < 1.29 is 14.3 Å². The molecule has 4 N–H and O–H groups in total. The molecule has 0 radical (unpaired) electrons. The molecular weight excluding hydrogens is 508 g/mol. The Labute approximate surface area is 231 Å². The smallest absolute Gasteiger partial charge is 0.221 e. The normalized spacial score (nSPS) is 14.3. The summed E-state index contributed by atoms with van der Waals surface area (Å²) in [7, 11) is 3.00. The number of ether oxygens (including phenoxy) is 2. The van der Waals surface area contributed by atoms with E-state index in [1.807, 2.05) is 31.2 Å². The second kappa shape index (κ2) is 11.2. The molecule has 1 aliphatic rings. The maximum atomic E-state index is 13.6. The van der Waals surface area contributed by atoms with E-state index in [2.05, 4.69) is 25.0 Å². The van der Waals surface area contributed by atoms with E-state index < -0.39 is 0 Å². The predicted molar refractivity (Wildman–Crippen MR) is 151 cm³/mol. The van der Waals surface area contributed by atoms with Crippen LogP contribution in [-0.2, 0) is 6.42 Å². The molecule has 40 heavy (non-hydrogen) atoms. The molecule has 0 aliphatic carbocycles. The van der Waals surface area contributed by atoms with Gasteiger partial charge in [-0.3, -0.25) is 9.80 Å². The van der Waals surface area contributed by atoms with Crippen LogP contribution in [0.2, 0.25) is 0 Å². The van der Waals surface area contributed by atoms with Gasteiger partial charge in [0.15, 0.2) is 17.3 Å². The first-order chi connectivity index (χ1) is 19.4. The molecule has 0 amide bonds. The lowest BCUT2D eigenvalue weighted by atomic mass is 9.95. The first-order valence-electron chi connectivity index (χ1n) is 12.4. The van der Waals surface area contributed by atoms with Crippen molar-refractivity contribution >= 4 is 23.8 Å². The van der Waals surface area contributed by atoms with Crippen molar-refractivity contribution in [3.05, 3.63) is 106 Å². The molecule has 1 atom stereocenters. The first kappa shape index (κ1) is 26.3. The van der Waals surface area contributed by atoms with E-state index in [9.17, 15) is 4.79 Å². The molecule has 0 fully saturated rings. The zero-order chi connectivity index (χ0) is 28.2. The third-order valence-electron chi connectivity index (χ3n) is 6.50. The molecule has 0 bridgehead atoms. The summed E-state index contributed by atoms with van der Waals surface area (Å²) in [5.41, 5.74) is 16.3. The van der Waals surface area contributed by atoms with Crippen molar-refractivity contribution in [3.8, 4) is 11.5 Å². The Morgan fingerprint density at radius 3 is 2.55 bits per heavy atom. The van der Waals surface area contributed by atoms with Gasteiger partial charge in [0.25, 0.3) is 0 Å². The third-order valence-corrected chi connectivity index (χ3v) is 6.50. The van der Waals surface area contributed by atoms with Gasteiger partial charge in [-0.25, -0.2) is 15.0 Å². The maximum Gasteiger partial charge on any atom is 0.221 e. The zero-order valence-corrected chi connectivity index (χ0v) is 22.3. The maximum absolute atomic E-state index is 13.6. The molecule has 11 nitrogen and oxygen atoms in total. The van der Waals surface area contributed by atoms with Crippen molar-refractivity contribution in [1.29, 1.82) is 0 Å². The van der Waals surface area contributed by atoms with Crippen LogP contribution in [0.1, 0.15) is 50.0 Å². The van der Waals surface area contributed by atoms with E-state index in [1.54, 1.807) is 48.1 Å². The van der Waals surface area contributed by atoms with Gasteiger partial charge in [0.2, 0.25) is 5.95 Å². The van der Waals surface area contributed by atoms with Crippen LogP contribution in [-0.4, -0.2) is 51.2 Å². The second-order valence-electron chi connectivity index (χ2n) is 9.09. The summed E-state index contributed by atoms with van der Waals surface area (Å²) in [5, 5.41) is 6.32. The SMILES string of the molecule is COc1cc(Cc2cnc(N)nc2N)cc(C(=O)C=CN2N=Cc3ccccc3C2c2cnc(C)nc2)c1OC. The molecule has 1 aliphatic heterocycles. The zero-order valence-electron chi connectivity index (χ0n) is 22.3. The quantitative estimate of drug-likeness (QED) is 0.253. The summed E-state index contributed by atoms with van der Waals surface area (Å²) in [6, 6.07) is 11.2. The fourth-order valence-corrected chi connectivity index (χ4v) is 4.55. The number of benzene rings is 2. The topological polar surface area (TPSA) is 155 Å². The molecule has 0 saturated heterocycles. The highest BCUT2D eigenvalue weighted by Crippen LogP contribution is 2.36. The number of ketones is 1. The number of aryl methyl sites for hydroxylation is 1. The van der Waals surface area contributed by atoms with Crippen LogP contribution in [0.15, 0.2) is 72.4 Å². The highest BCUT2D eigenvalue weighted by Gasteiger charge is 2.26. The van der Waals surface area contributed by atoms with Crippen LogP contribution in [0.4, 0.5) is 11.8 Å². The van der Waals surface area contributed by atoms with Crippen LogP contribution < -0.4 is 20.9 Å². The van der Waals surface area contributed by atoms with Gasteiger partial charge in [0.1, 0.15) is 17.7 Å². The highest BCUT2D eigenvalue weighted by atomic mass is 16.5. The van der Waals surface area contributed by atoms with E-state index in [4.69, 9.17) is 20.9 Å². The molecule has 0 saturated carbocycles. The number of hydrogen-bond donors (Lipinski definition) is 2. The average molecular weight is 537 g/mol. The summed E-state index contributed by atoms with van der Waals surface area (Å²) < 4.78 is 11.1. The average Bonchev–Trinajstić information content (AvgIpc) is 2.97. The molecule has 5 rings (SSSR count). The standard InChI is InChI=1S/C29H28N8O3/c1-17-32-14-21(15-33-17)26-22-7-5-4-6-19(22)16-35-37(26)9-8-24(38)23-11-18(12-25(39-2)27(23)40-3)10-20-13-34-29(31)36-28(20)30/h4-9,11-16,26H,10H2,1-3H3,(H4,30,31,34,36). The molecule has 202 valence electrons. The van der Waals surface area contributed by atoms with Crippen molar-refractivity contribution in [1.82, 2.24) is 24.9 Å². The van der Waals surface area contributed by atoms with Gasteiger partial charge in [0.05, 0.1) is 26.0 Å². The lowest BCUT2D eigenvalue weighted by Gasteiger charge is -2.31. The Morgan fingerprint density at radius 1 is 1.05 bits per heavy atom. The second-order valence-corrected chi connectivity index (χ2v) is 9.09. The van der Waals surface area contributed by atoms with E-state index >= 15 is 0 Å². The van der Waals surface area contributed by atoms with Crippen molar-refractivity contribution in [3.63, 3.8) is 0 Å². The van der Waals surface area contributed by atoms with Gasteiger partial charge in [0, 0.05) is 54.0 Å². The summed E-state index contributed by atoms with van der Waals surface area (Å²) in [5.74, 6) is 1.45. The van der Waals surface area contributed by atoms with Gasteiger partial charge in [-0.1, -0.05) is 24.3 Å². The van der Waals surface area contributed by atoms with Crippen LogP contribution in [0, 0.1) is 6.92 Å². The van der Waals surface area contributed by atoms with E-state index in [1.165, 1.54) is 20.3 Å². The Kier molecular flexibility index (Phi) is 7.36. The van der Waals surface area contributed by atoms with Crippen LogP contribution >= 0.6 is 0 Å². The number of aromatic nitrogens is 4. The monoisotopic (exact) mass is 536 g/mol. The lowest BCUT2D eigenvalue weighted by molar-refractivity contribution is 0.104. The molecule has 3 heterocycles. The highest BCUT2D eigenvalue weighted by molar-refractivity contribution is 6.07. The van der Waals surface area contributed by atoms with Gasteiger partial charge >= 0.3 is 0 Å². The number of nitrogens with zero attached hydrogens (tertiary/aromatic N) is 6. The molecule has 1 unspecified atom stereocenters. The van der Waals surface area contributed by atoms with Crippen molar-refractivity contribution in [2.75, 3.05) is 25.7 Å². The van der Waals surface area contributed by atoms with E-state index in [-0.39, 0.29) is 23.6 Å². The molecular formula is C29H28N8O3. The van der Waals surface area contributed by atoms with E-state index in [0.29, 0.717) is 34.9 Å². The van der Waals surface area contributed by atoms with Crippen LogP contribution in [0.5, 0.6) is 11.5 Å². The number of allylic oxidation sites excluding steroid dienone is 1. The fraction of sp³-hybridized carbons (Fsp3) is 0.172. The van der Waals surface area contributed by atoms with E-state index in [0.717, 1.165) is 22.3 Å². The summed E-state index contributed by atoms with van der Waals surface area (Å²) in [4.78, 5) is 30.4. The van der Waals surface area contributed by atoms with Crippen molar-refractivity contribution in [2.24, 2.45) is 5.10 Å². The van der Waals surface area contributed by atoms with Gasteiger partial charge in [-0.2, -0.15) is 10.1 Å².